The van der Waals surface area contributed by atoms with Crippen LogP contribution in [0.1, 0.15) is 17.3 Å². The molecule has 0 bridgehead atoms. The van der Waals surface area contributed by atoms with Crippen LogP contribution >= 0.6 is 39.1 Å². The lowest BCUT2D eigenvalue weighted by Crippen LogP contribution is -2.22. The van der Waals surface area contributed by atoms with Crippen molar-refractivity contribution in [2.24, 2.45) is 0 Å². The summed E-state index contributed by atoms with van der Waals surface area (Å²) in [6.45, 7) is 0.134. The van der Waals surface area contributed by atoms with Crippen LogP contribution in [0.2, 0.25) is 10.2 Å². The van der Waals surface area contributed by atoms with Gasteiger partial charge in [-0.25, -0.2) is 4.98 Å². The van der Waals surface area contributed by atoms with E-state index in [1.165, 1.54) is 10.9 Å². The van der Waals surface area contributed by atoms with Gasteiger partial charge in [-0.05, 0) is 40.0 Å². The first kappa shape index (κ1) is 17.1. The van der Waals surface area contributed by atoms with Crippen LogP contribution in [0.15, 0.2) is 44.4 Å². The summed E-state index contributed by atoms with van der Waals surface area (Å²) in [5, 5.41) is 4.75. The third-order valence-electron chi connectivity index (χ3n) is 3.31. The van der Waals surface area contributed by atoms with Crippen LogP contribution in [0.4, 0.5) is 0 Å². The molecule has 0 fully saturated rings. The van der Waals surface area contributed by atoms with Gasteiger partial charge in [-0.15, -0.1) is 0 Å². The fourth-order valence-corrected chi connectivity index (χ4v) is 2.65. The second-order valence-corrected chi connectivity index (χ2v) is 6.60. The molecule has 0 radical (unpaired) electrons. The highest BCUT2D eigenvalue weighted by Gasteiger charge is 2.11. The van der Waals surface area contributed by atoms with Gasteiger partial charge in [-0.3, -0.25) is 9.36 Å². The van der Waals surface area contributed by atoms with Crippen LogP contribution in [-0.2, 0) is 19.4 Å². The number of rotatable bonds is 5. The normalized spacial score (nSPS) is 11.0. The Morgan fingerprint density at radius 2 is 1.92 bits per heavy atom. The van der Waals surface area contributed by atoms with E-state index in [4.69, 9.17) is 27.7 Å². The molecule has 0 unspecified atom stereocenters. The van der Waals surface area contributed by atoms with Gasteiger partial charge in [-0.2, -0.15) is 4.98 Å². The van der Waals surface area contributed by atoms with E-state index in [0.29, 0.717) is 23.2 Å². The molecule has 1 aromatic carbocycles. The minimum Gasteiger partial charge on any atom is -0.337 e. The fourth-order valence-electron chi connectivity index (χ4n) is 2.07. The first-order valence-corrected chi connectivity index (χ1v) is 8.54. The highest BCUT2D eigenvalue weighted by molar-refractivity contribution is 9.10. The van der Waals surface area contributed by atoms with Gasteiger partial charge in [0.05, 0.1) is 6.33 Å². The van der Waals surface area contributed by atoms with E-state index in [9.17, 15) is 4.79 Å². The van der Waals surface area contributed by atoms with Crippen LogP contribution in [0.25, 0.3) is 0 Å². The Kier molecular flexibility index (Phi) is 5.33. The highest BCUT2D eigenvalue weighted by Crippen LogP contribution is 2.14. The van der Waals surface area contributed by atoms with E-state index >= 15 is 0 Å². The van der Waals surface area contributed by atoms with Crippen molar-refractivity contribution >= 4 is 39.1 Å². The molecule has 0 saturated heterocycles. The maximum absolute atomic E-state index is 12.0. The molecule has 3 aromatic rings. The maximum Gasteiger partial charge on any atom is 0.269 e. The average Bonchev–Trinajstić information content (AvgIpc) is 3.02. The van der Waals surface area contributed by atoms with E-state index in [1.54, 1.807) is 0 Å². The van der Waals surface area contributed by atoms with E-state index in [-0.39, 0.29) is 21.7 Å². The lowest BCUT2D eigenvalue weighted by atomic mass is 10.1. The molecule has 0 aliphatic rings. The minimum absolute atomic E-state index is 0.116. The first-order valence-electron chi connectivity index (χ1n) is 6.99. The van der Waals surface area contributed by atoms with Crippen LogP contribution in [0.3, 0.4) is 0 Å². The monoisotopic (exact) mass is 428 g/mol. The topological polar surface area (TPSA) is 73.8 Å². The predicted octanol–water partition coefficient (Wildman–Crippen LogP) is 3.53. The second-order valence-electron chi connectivity index (χ2n) is 5.01. The summed E-state index contributed by atoms with van der Waals surface area (Å²) in [5.74, 6) is 0.910. The number of hydrogen-bond donors (Lipinski definition) is 0. The first-order chi connectivity index (χ1) is 11.5. The van der Waals surface area contributed by atoms with Gasteiger partial charge in [0.15, 0.2) is 11.0 Å². The SMILES string of the molecule is O=c1c(Br)c(Cl)ncn1Cc1nc(CCc2ccc(Cl)cc2)no1. The zero-order valence-electron chi connectivity index (χ0n) is 12.2. The van der Waals surface area contributed by atoms with E-state index < -0.39 is 0 Å². The molecule has 0 amide bonds. The van der Waals surface area contributed by atoms with Gasteiger partial charge in [0.2, 0.25) is 5.89 Å². The lowest BCUT2D eigenvalue weighted by molar-refractivity contribution is 0.364. The van der Waals surface area contributed by atoms with Crippen molar-refractivity contribution in [2.45, 2.75) is 19.4 Å². The summed E-state index contributed by atoms with van der Waals surface area (Å²) in [7, 11) is 0. The zero-order valence-corrected chi connectivity index (χ0v) is 15.3. The van der Waals surface area contributed by atoms with Gasteiger partial charge in [-0.1, -0.05) is 40.5 Å². The summed E-state index contributed by atoms with van der Waals surface area (Å²) < 4.78 is 6.73. The number of benzene rings is 1. The molecule has 0 saturated carbocycles. The third-order valence-corrected chi connectivity index (χ3v) is 4.79. The molecule has 2 heterocycles. The summed E-state index contributed by atoms with van der Waals surface area (Å²) in [5.41, 5.74) is 0.823. The molecule has 3 rings (SSSR count). The summed E-state index contributed by atoms with van der Waals surface area (Å²) in [4.78, 5) is 20.2. The third kappa shape index (κ3) is 4.03. The highest BCUT2D eigenvalue weighted by atomic mass is 79.9. The molecule has 0 spiro atoms. The number of halogens is 3. The van der Waals surface area contributed by atoms with Crippen molar-refractivity contribution in [3.05, 3.63) is 72.9 Å². The molecule has 6 nitrogen and oxygen atoms in total. The molecule has 0 aliphatic heterocycles. The summed E-state index contributed by atoms with van der Waals surface area (Å²) in [6.07, 6.45) is 2.74. The average molecular weight is 430 g/mol. The van der Waals surface area contributed by atoms with Crippen LogP contribution < -0.4 is 5.56 Å². The van der Waals surface area contributed by atoms with Crippen molar-refractivity contribution < 1.29 is 4.52 Å². The van der Waals surface area contributed by atoms with Gasteiger partial charge >= 0.3 is 0 Å². The summed E-state index contributed by atoms with van der Waals surface area (Å²) >= 11 is 14.7. The number of nitrogens with zero attached hydrogens (tertiary/aromatic N) is 4. The van der Waals surface area contributed by atoms with Crippen LogP contribution in [-0.4, -0.2) is 19.7 Å². The van der Waals surface area contributed by atoms with Crippen LogP contribution in [0, 0.1) is 0 Å². The van der Waals surface area contributed by atoms with Crippen molar-refractivity contribution in [2.75, 3.05) is 0 Å². The molecular formula is C15H11BrCl2N4O2. The molecule has 124 valence electrons. The van der Waals surface area contributed by atoms with E-state index in [0.717, 1.165) is 12.0 Å². The Morgan fingerprint density at radius 1 is 1.17 bits per heavy atom. The predicted molar refractivity (Wildman–Crippen MR) is 93.5 cm³/mol. The summed E-state index contributed by atoms with van der Waals surface area (Å²) in [6, 6.07) is 7.60. The Bertz CT molecular complexity index is 909. The van der Waals surface area contributed by atoms with Gasteiger partial charge < -0.3 is 4.52 Å². The lowest BCUT2D eigenvalue weighted by Gasteiger charge is -2.02. The second kappa shape index (κ2) is 7.46. The fraction of sp³-hybridized carbons (Fsp3) is 0.200. The molecule has 2 aromatic heterocycles. The van der Waals surface area contributed by atoms with Crippen molar-refractivity contribution in [3.63, 3.8) is 0 Å². The maximum atomic E-state index is 12.0. The molecule has 0 N–H and O–H groups in total. The Labute approximate surface area is 155 Å². The van der Waals surface area contributed by atoms with Crippen LogP contribution in [0.5, 0.6) is 0 Å². The Morgan fingerprint density at radius 3 is 2.67 bits per heavy atom. The standard InChI is InChI=1S/C15H11BrCl2N4O2/c16-13-14(18)19-8-22(15(13)23)7-12-20-11(21-24-12)6-3-9-1-4-10(17)5-2-9/h1-2,4-5,8H,3,6-7H2. The molecule has 0 aliphatic carbocycles. The van der Waals surface area contributed by atoms with Gasteiger partial charge in [0.1, 0.15) is 11.0 Å². The quantitative estimate of drug-likeness (QED) is 0.580. The largest absolute Gasteiger partial charge is 0.337 e. The molecule has 0 atom stereocenters. The van der Waals surface area contributed by atoms with Crippen molar-refractivity contribution in [3.8, 4) is 0 Å². The van der Waals surface area contributed by atoms with Crippen molar-refractivity contribution in [1.29, 1.82) is 0 Å². The number of aryl methyl sites for hydroxylation is 2. The van der Waals surface area contributed by atoms with E-state index in [1.807, 2.05) is 24.3 Å². The molecule has 24 heavy (non-hydrogen) atoms. The zero-order chi connectivity index (χ0) is 17.1. The Balaban J connectivity index is 1.66. The molecular weight excluding hydrogens is 419 g/mol. The van der Waals surface area contributed by atoms with E-state index in [2.05, 4.69) is 31.1 Å². The minimum atomic E-state index is -0.309. The Hall–Kier alpha value is -1.70. The van der Waals surface area contributed by atoms with Gasteiger partial charge in [0, 0.05) is 11.4 Å². The van der Waals surface area contributed by atoms with Crippen molar-refractivity contribution in [1.82, 2.24) is 19.7 Å². The number of aromatic nitrogens is 4. The van der Waals surface area contributed by atoms with Gasteiger partial charge in [0.25, 0.3) is 5.56 Å². The molecule has 9 heteroatoms. The number of hydrogen-bond acceptors (Lipinski definition) is 5. The smallest absolute Gasteiger partial charge is 0.269 e.